The Bertz CT molecular complexity index is 973. The van der Waals surface area contributed by atoms with E-state index in [4.69, 9.17) is 4.74 Å². The van der Waals surface area contributed by atoms with Crippen LogP contribution in [0.2, 0.25) is 0 Å². The first kappa shape index (κ1) is 27.6. The molecule has 2 aromatic carbocycles. The molecule has 0 saturated carbocycles. The van der Waals surface area contributed by atoms with Gasteiger partial charge in [-0.3, -0.25) is 4.57 Å². The molecule has 8 nitrogen and oxygen atoms in total. The van der Waals surface area contributed by atoms with Gasteiger partial charge in [0.05, 0.1) is 0 Å². The Labute approximate surface area is 201 Å². The van der Waals surface area contributed by atoms with Gasteiger partial charge >= 0.3 is 19.6 Å². The molecule has 0 aromatic heterocycles. The highest BCUT2D eigenvalue weighted by atomic mass is 31.2. The highest BCUT2D eigenvalue weighted by molar-refractivity contribution is 7.51. The lowest BCUT2D eigenvalue weighted by Crippen LogP contribution is -2.50. The number of ether oxygens (including phenoxy) is 1. The maximum Gasteiger partial charge on any atom is 0.344 e. The van der Waals surface area contributed by atoms with Gasteiger partial charge in [-0.25, -0.2) is 9.59 Å². The first-order valence-electron chi connectivity index (χ1n) is 11.3. The summed E-state index contributed by atoms with van der Waals surface area (Å²) in [6, 6.07) is 15.2. The molecule has 0 bridgehead atoms. The average molecular weight is 491 g/mol. The number of esters is 1. The molecule has 186 valence electrons. The van der Waals surface area contributed by atoms with Crippen LogP contribution in [0, 0.1) is 5.92 Å². The number of urea groups is 1. The molecule has 0 radical (unpaired) electrons. The van der Waals surface area contributed by atoms with Gasteiger partial charge in [0, 0.05) is 13.0 Å². The van der Waals surface area contributed by atoms with E-state index in [1.165, 1.54) is 0 Å². The van der Waals surface area contributed by atoms with E-state index >= 15 is 0 Å². The Kier molecular flexibility index (Phi) is 10.3. The topological polar surface area (TPSA) is 116 Å². The van der Waals surface area contributed by atoms with Crippen molar-refractivity contribution in [2.45, 2.75) is 52.7 Å². The maximum atomic E-state index is 13.0. The summed E-state index contributed by atoms with van der Waals surface area (Å²) >= 11 is 0. The SMILES string of the molecule is CC(C)CN(CP(=O)(O)O)C(=O)N[C@@H](Cc1ccc(C(C)C)cc1)C(=O)OCc1ccccc1. The van der Waals surface area contributed by atoms with Gasteiger partial charge in [0.2, 0.25) is 0 Å². The van der Waals surface area contributed by atoms with Crippen LogP contribution in [-0.4, -0.2) is 45.6 Å². The molecule has 0 aliphatic rings. The lowest BCUT2D eigenvalue weighted by Gasteiger charge is -2.27. The number of amides is 2. The van der Waals surface area contributed by atoms with Gasteiger partial charge < -0.3 is 24.7 Å². The number of carbonyl (C=O) groups excluding carboxylic acids is 2. The van der Waals surface area contributed by atoms with E-state index in [1.807, 2.05) is 68.4 Å². The number of nitrogens with zero attached hydrogens (tertiary/aromatic N) is 1. The summed E-state index contributed by atoms with van der Waals surface area (Å²) in [4.78, 5) is 45.8. The minimum Gasteiger partial charge on any atom is -0.459 e. The molecule has 2 rings (SSSR count). The Hall–Kier alpha value is -2.67. The molecule has 0 aliphatic carbocycles. The summed E-state index contributed by atoms with van der Waals surface area (Å²) in [5.74, 6) is -0.284. The van der Waals surface area contributed by atoms with Crippen LogP contribution < -0.4 is 5.32 Å². The third-order valence-corrected chi connectivity index (χ3v) is 5.83. The molecular formula is C25H35N2O6P. The van der Waals surface area contributed by atoms with E-state index in [1.54, 1.807) is 0 Å². The molecule has 0 unspecified atom stereocenters. The molecule has 0 heterocycles. The quantitative estimate of drug-likeness (QED) is 0.320. The van der Waals surface area contributed by atoms with E-state index in [0.717, 1.165) is 21.6 Å². The minimum absolute atomic E-state index is 0.0237. The number of hydrogen-bond acceptors (Lipinski definition) is 4. The van der Waals surface area contributed by atoms with Gasteiger partial charge in [0.25, 0.3) is 0 Å². The standard InChI is InChI=1S/C25H35N2O6P/c1-18(2)15-27(17-34(30,31)32)25(29)26-23(14-20-10-12-22(13-11-20)19(3)4)24(28)33-16-21-8-6-5-7-9-21/h5-13,18-19,23H,14-17H2,1-4H3,(H,26,29)(H2,30,31,32)/t23-/m0/s1. The Morgan fingerprint density at radius 3 is 2.12 bits per heavy atom. The predicted molar refractivity (Wildman–Crippen MR) is 131 cm³/mol. The number of nitrogens with one attached hydrogen (secondary N) is 1. The van der Waals surface area contributed by atoms with Crippen molar-refractivity contribution >= 4 is 19.6 Å². The van der Waals surface area contributed by atoms with Gasteiger partial charge in [-0.05, 0) is 28.5 Å². The van der Waals surface area contributed by atoms with Crippen molar-refractivity contribution < 1.29 is 28.7 Å². The summed E-state index contributed by atoms with van der Waals surface area (Å²) in [6.07, 6.45) is -0.547. The van der Waals surface area contributed by atoms with Gasteiger partial charge in [-0.1, -0.05) is 82.3 Å². The number of benzene rings is 2. The molecule has 0 fully saturated rings. The largest absolute Gasteiger partial charge is 0.459 e. The molecule has 3 N–H and O–H groups in total. The highest BCUT2D eigenvalue weighted by Gasteiger charge is 2.29. The maximum absolute atomic E-state index is 13.0. The van der Waals surface area contributed by atoms with Crippen LogP contribution in [0.5, 0.6) is 0 Å². The number of rotatable bonds is 11. The summed E-state index contributed by atoms with van der Waals surface area (Å²) in [5.41, 5.74) is 2.79. The molecule has 9 heteroatoms. The normalized spacial score (nSPS) is 12.5. The lowest BCUT2D eigenvalue weighted by atomic mass is 9.99. The molecular weight excluding hydrogens is 455 g/mol. The smallest absolute Gasteiger partial charge is 0.344 e. The molecule has 2 aromatic rings. The average Bonchev–Trinajstić information content (AvgIpc) is 2.76. The van der Waals surface area contributed by atoms with Gasteiger partial charge in [0.1, 0.15) is 18.9 Å². The fourth-order valence-corrected chi connectivity index (χ4v) is 4.09. The Morgan fingerprint density at radius 2 is 1.59 bits per heavy atom. The van der Waals surface area contributed by atoms with Crippen LogP contribution in [0.1, 0.15) is 50.3 Å². The van der Waals surface area contributed by atoms with Crippen LogP contribution in [0.3, 0.4) is 0 Å². The van der Waals surface area contributed by atoms with Crippen molar-refractivity contribution in [3.8, 4) is 0 Å². The van der Waals surface area contributed by atoms with E-state index in [2.05, 4.69) is 19.2 Å². The van der Waals surface area contributed by atoms with Crippen molar-refractivity contribution in [2.75, 3.05) is 12.8 Å². The second kappa shape index (κ2) is 12.7. The fraction of sp³-hybridized carbons (Fsp3) is 0.440. The van der Waals surface area contributed by atoms with Crippen molar-refractivity contribution in [3.63, 3.8) is 0 Å². The van der Waals surface area contributed by atoms with Crippen LogP contribution in [-0.2, 0) is 27.1 Å². The second-order valence-corrected chi connectivity index (χ2v) is 10.7. The lowest BCUT2D eigenvalue weighted by molar-refractivity contribution is -0.147. The molecule has 1 atom stereocenters. The Balaban J connectivity index is 2.20. The molecule has 0 spiro atoms. The van der Waals surface area contributed by atoms with Crippen molar-refractivity contribution in [1.29, 1.82) is 0 Å². The number of hydrogen-bond donors (Lipinski definition) is 3. The van der Waals surface area contributed by atoms with Crippen LogP contribution in [0.15, 0.2) is 54.6 Å². The molecule has 2 amide bonds. The van der Waals surface area contributed by atoms with Crippen LogP contribution in [0.25, 0.3) is 0 Å². The van der Waals surface area contributed by atoms with Crippen molar-refractivity contribution in [1.82, 2.24) is 10.2 Å². The summed E-state index contributed by atoms with van der Waals surface area (Å²) in [5, 5.41) is 2.64. The predicted octanol–water partition coefficient (Wildman–Crippen LogP) is 4.27. The van der Waals surface area contributed by atoms with Crippen molar-refractivity contribution in [3.05, 3.63) is 71.3 Å². The minimum atomic E-state index is -4.48. The van der Waals surface area contributed by atoms with Crippen LogP contribution >= 0.6 is 7.60 Å². The van der Waals surface area contributed by atoms with Gasteiger partial charge in [-0.15, -0.1) is 0 Å². The van der Waals surface area contributed by atoms with Gasteiger partial charge in [0.15, 0.2) is 0 Å². The summed E-state index contributed by atoms with van der Waals surface area (Å²) in [6.45, 7) is 8.03. The highest BCUT2D eigenvalue weighted by Crippen LogP contribution is 2.35. The van der Waals surface area contributed by atoms with E-state index in [9.17, 15) is 23.9 Å². The Morgan fingerprint density at radius 1 is 0.971 bits per heavy atom. The van der Waals surface area contributed by atoms with E-state index in [-0.39, 0.29) is 25.5 Å². The molecule has 0 aliphatic heterocycles. The summed E-state index contributed by atoms with van der Waals surface area (Å²) < 4.78 is 17.0. The zero-order chi connectivity index (χ0) is 25.3. The monoisotopic (exact) mass is 490 g/mol. The summed E-state index contributed by atoms with van der Waals surface area (Å²) in [7, 11) is -4.48. The first-order chi connectivity index (χ1) is 15.9. The van der Waals surface area contributed by atoms with E-state index in [0.29, 0.717) is 5.92 Å². The number of carbonyl (C=O) groups is 2. The van der Waals surface area contributed by atoms with E-state index < -0.39 is 31.9 Å². The second-order valence-electron chi connectivity index (χ2n) is 9.12. The third kappa shape index (κ3) is 9.67. The zero-order valence-corrected chi connectivity index (χ0v) is 21.1. The molecule has 0 saturated heterocycles. The fourth-order valence-electron chi connectivity index (χ4n) is 3.41. The zero-order valence-electron chi connectivity index (χ0n) is 20.2. The van der Waals surface area contributed by atoms with Crippen molar-refractivity contribution in [2.24, 2.45) is 5.92 Å². The third-order valence-electron chi connectivity index (χ3n) is 5.12. The first-order valence-corrected chi connectivity index (χ1v) is 13.1. The van der Waals surface area contributed by atoms with Crippen LogP contribution in [0.4, 0.5) is 4.79 Å². The van der Waals surface area contributed by atoms with Gasteiger partial charge in [-0.2, -0.15) is 0 Å². The molecule has 34 heavy (non-hydrogen) atoms.